The Morgan fingerprint density at radius 2 is 2.00 bits per heavy atom. The summed E-state index contributed by atoms with van der Waals surface area (Å²) in [4.78, 5) is 0.749. The Morgan fingerprint density at radius 3 is 2.65 bits per heavy atom. The van der Waals surface area contributed by atoms with Gasteiger partial charge in [-0.1, -0.05) is 29.6 Å². The molecule has 0 radical (unpaired) electrons. The first kappa shape index (κ1) is 13.3. The van der Waals surface area contributed by atoms with Crippen LogP contribution in [0.5, 0.6) is 0 Å². The van der Waals surface area contributed by atoms with E-state index in [2.05, 4.69) is 0 Å². The minimum atomic E-state index is -1.03. The second-order valence-electron chi connectivity index (χ2n) is 4.42. The van der Waals surface area contributed by atoms with Gasteiger partial charge in [0.15, 0.2) is 0 Å². The molecule has 2 N–H and O–H groups in total. The van der Waals surface area contributed by atoms with Crippen molar-refractivity contribution in [2.24, 2.45) is 5.73 Å². The molecule has 0 aromatic heterocycles. The van der Waals surface area contributed by atoms with Crippen LogP contribution >= 0.6 is 23.2 Å². The Bertz CT molecular complexity index is 439. The summed E-state index contributed by atoms with van der Waals surface area (Å²) in [6.45, 7) is 0. The molecule has 0 amide bonds. The number of nitrogens with two attached hydrogens (primary N) is 1. The molecule has 2 nitrogen and oxygen atoms in total. The molecule has 1 aromatic carbocycles. The summed E-state index contributed by atoms with van der Waals surface area (Å²) in [5, 5.41) is 1.10. The molecule has 1 aromatic rings. The largest absolute Gasteiger partial charge is 0.328 e. The zero-order valence-electron chi connectivity index (χ0n) is 9.36. The highest BCUT2D eigenvalue weighted by Gasteiger charge is 2.25. The van der Waals surface area contributed by atoms with E-state index in [-0.39, 0.29) is 11.3 Å². The van der Waals surface area contributed by atoms with E-state index in [0.717, 1.165) is 30.6 Å². The molecule has 1 fully saturated rings. The number of rotatable bonds is 2. The van der Waals surface area contributed by atoms with Crippen LogP contribution < -0.4 is 5.73 Å². The van der Waals surface area contributed by atoms with Crippen LogP contribution in [-0.4, -0.2) is 15.5 Å². The van der Waals surface area contributed by atoms with Crippen LogP contribution in [0.2, 0.25) is 10.0 Å². The van der Waals surface area contributed by atoms with E-state index >= 15 is 0 Å². The van der Waals surface area contributed by atoms with Gasteiger partial charge in [0.2, 0.25) is 0 Å². The van der Waals surface area contributed by atoms with E-state index in [4.69, 9.17) is 28.9 Å². The van der Waals surface area contributed by atoms with E-state index in [9.17, 15) is 4.21 Å². The number of hydrogen-bond acceptors (Lipinski definition) is 2. The lowest BCUT2D eigenvalue weighted by Crippen LogP contribution is -2.33. The van der Waals surface area contributed by atoms with Crippen molar-refractivity contribution in [2.45, 2.75) is 41.9 Å². The van der Waals surface area contributed by atoms with Gasteiger partial charge < -0.3 is 5.73 Å². The summed E-state index contributed by atoms with van der Waals surface area (Å²) in [6, 6.07) is 5.35. The third-order valence-electron chi connectivity index (χ3n) is 3.09. The van der Waals surface area contributed by atoms with E-state index in [1.165, 1.54) is 0 Å². The molecule has 5 heteroatoms. The minimum absolute atomic E-state index is 0.149. The Labute approximate surface area is 114 Å². The summed E-state index contributed by atoms with van der Waals surface area (Å²) in [5.74, 6) is 0. The highest BCUT2D eigenvalue weighted by molar-refractivity contribution is 7.85. The normalized spacial score (nSPS) is 26.8. The fourth-order valence-electron chi connectivity index (χ4n) is 2.17. The van der Waals surface area contributed by atoms with Crippen LogP contribution in [0.3, 0.4) is 0 Å². The third-order valence-corrected chi connectivity index (χ3v) is 5.58. The molecule has 1 aliphatic carbocycles. The molecule has 0 saturated heterocycles. The van der Waals surface area contributed by atoms with Gasteiger partial charge in [-0.15, -0.1) is 0 Å². The zero-order chi connectivity index (χ0) is 12.4. The number of benzene rings is 1. The monoisotopic (exact) mass is 291 g/mol. The van der Waals surface area contributed by atoms with E-state index < -0.39 is 10.8 Å². The van der Waals surface area contributed by atoms with Crippen LogP contribution in [0, 0.1) is 0 Å². The summed E-state index contributed by atoms with van der Waals surface area (Å²) in [7, 11) is -1.03. The molecule has 17 heavy (non-hydrogen) atoms. The molecule has 3 unspecified atom stereocenters. The Balaban J connectivity index is 2.15. The van der Waals surface area contributed by atoms with Crippen molar-refractivity contribution >= 4 is 34.0 Å². The van der Waals surface area contributed by atoms with Gasteiger partial charge in [-0.3, -0.25) is 4.21 Å². The van der Waals surface area contributed by atoms with Crippen molar-refractivity contribution in [1.29, 1.82) is 0 Å². The van der Waals surface area contributed by atoms with Crippen LogP contribution in [0.15, 0.2) is 23.1 Å². The molecule has 1 aliphatic rings. The highest BCUT2D eigenvalue weighted by Crippen LogP contribution is 2.29. The zero-order valence-corrected chi connectivity index (χ0v) is 11.7. The lowest BCUT2D eigenvalue weighted by molar-refractivity contribution is 0.444. The maximum absolute atomic E-state index is 12.4. The van der Waals surface area contributed by atoms with Crippen molar-refractivity contribution in [3.05, 3.63) is 28.2 Å². The lowest BCUT2D eigenvalue weighted by atomic mass is 9.96. The Hall–Kier alpha value is -0.0900. The summed E-state index contributed by atoms with van der Waals surface area (Å²) in [6.07, 6.45) is 3.89. The second kappa shape index (κ2) is 5.70. The van der Waals surface area contributed by atoms with Gasteiger partial charge in [-0.05, 0) is 37.5 Å². The van der Waals surface area contributed by atoms with Gasteiger partial charge in [-0.2, -0.15) is 0 Å². The van der Waals surface area contributed by atoms with Crippen molar-refractivity contribution in [2.75, 3.05) is 0 Å². The van der Waals surface area contributed by atoms with Crippen LogP contribution in [0.25, 0.3) is 0 Å². The van der Waals surface area contributed by atoms with E-state index in [0.29, 0.717) is 10.0 Å². The van der Waals surface area contributed by atoms with Gasteiger partial charge in [0.1, 0.15) is 0 Å². The average Bonchev–Trinajstić information content (AvgIpc) is 2.32. The molecule has 0 heterocycles. The van der Waals surface area contributed by atoms with Gasteiger partial charge in [0.05, 0.1) is 20.8 Å². The molecule has 2 rings (SSSR count). The molecule has 3 atom stereocenters. The Kier molecular flexibility index (Phi) is 4.47. The van der Waals surface area contributed by atoms with Crippen molar-refractivity contribution < 1.29 is 4.21 Å². The first-order valence-electron chi connectivity index (χ1n) is 5.69. The molecule has 0 aliphatic heterocycles. The van der Waals surface area contributed by atoms with Gasteiger partial charge >= 0.3 is 0 Å². The first-order chi connectivity index (χ1) is 8.08. The molecule has 0 spiro atoms. The molecular formula is C12H15Cl2NOS. The van der Waals surface area contributed by atoms with Gasteiger partial charge in [0.25, 0.3) is 0 Å². The van der Waals surface area contributed by atoms with Gasteiger partial charge in [0, 0.05) is 16.2 Å². The summed E-state index contributed by atoms with van der Waals surface area (Å²) in [5.41, 5.74) is 5.91. The predicted octanol–water partition coefficient (Wildman–Crippen LogP) is 3.37. The molecule has 0 bridgehead atoms. The SMILES string of the molecule is NC1CCCC(S(=O)c2ccc(Cl)c(Cl)c2)C1. The second-order valence-corrected chi connectivity index (χ2v) is 6.97. The third kappa shape index (κ3) is 3.22. The van der Waals surface area contributed by atoms with Crippen LogP contribution in [-0.2, 0) is 10.8 Å². The van der Waals surface area contributed by atoms with E-state index in [1.54, 1.807) is 18.2 Å². The average molecular weight is 292 g/mol. The van der Waals surface area contributed by atoms with Crippen molar-refractivity contribution in [3.8, 4) is 0 Å². The van der Waals surface area contributed by atoms with Crippen LogP contribution in [0.1, 0.15) is 25.7 Å². The standard InChI is InChI=1S/C12H15Cl2NOS/c13-11-5-4-10(7-12(11)14)17(16)9-3-1-2-8(15)6-9/h4-5,7-9H,1-3,6,15H2. The summed E-state index contributed by atoms with van der Waals surface area (Å²) < 4.78 is 12.4. The minimum Gasteiger partial charge on any atom is -0.328 e. The molecule has 94 valence electrons. The fraction of sp³-hybridized carbons (Fsp3) is 0.500. The van der Waals surface area contributed by atoms with Gasteiger partial charge in [-0.25, -0.2) is 0 Å². The highest BCUT2D eigenvalue weighted by atomic mass is 35.5. The van der Waals surface area contributed by atoms with Crippen molar-refractivity contribution in [1.82, 2.24) is 0 Å². The predicted molar refractivity (Wildman–Crippen MR) is 73.1 cm³/mol. The fourth-order valence-corrected chi connectivity index (χ4v) is 4.16. The number of hydrogen-bond donors (Lipinski definition) is 1. The lowest BCUT2D eigenvalue weighted by Gasteiger charge is -2.25. The smallest absolute Gasteiger partial charge is 0.0604 e. The quantitative estimate of drug-likeness (QED) is 0.908. The first-order valence-corrected chi connectivity index (χ1v) is 7.66. The van der Waals surface area contributed by atoms with E-state index in [1.807, 2.05) is 0 Å². The maximum atomic E-state index is 12.4. The summed E-state index contributed by atoms with van der Waals surface area (Å²) >= 11 is 11.8. The van der Waals surface area contributed by atoms with Crippen LogP contribution in [0.4, 0.5) is 0 Å². The Morgan fingerprint density at radius 1 is 1.24 bits per heavy atom. The van der Waals surface area contributed by atoms with Crippen molar-refractivity contribution in [3.63, 3.8) is 0 Å². The molecule has 1 saturated carbocycles. The molecular weight excluding hydrogens is 277 g/mol. The number of halogens is 2. The topological polar surface area (TPSA) is 43.1 Å². The maximum Gasteiger partial charge on any atom is 0.0604 e.